The first-order valence-corrected chi connectivity index (χ1v) is 6.61. The number of nitrogens with zero attached hydrogens (tertiary/aromatic N) is 1. The third kappa shape index (κ3) is 3.61. The molecule has 1 heterocycles. The minimum Gasteiger partial charge on any atom is -0.381 e. The summed E-state index contributed by atoms with van der Waals surface area (Å²) in [5, 5.41) is 9.19. The molecule has 0 spiro atoms. The number of benzene rings is 1. The summed E-state index contributed by atoms with van der Waals surface area (Å²) in [6.07, 6.45) is -3.47. The van der Waals surface area contributed by atoms with Crippen molar-refractivity contribution in [2.75, 3.05) is 13.2 Å². The maximum absolute atomic E-state index is 12.7. The van der Waals surface area contributed by atoms with Gasteiger partial charge in [0.05, 0.1) is 11.6 Å². The first-order chi connectivity index (χ1) is 9.93. The van der Waals surface area contributed by atoms with Crippen LogP contribution in [0.2, 0.25) is 0 Å². The van der Waals surface area contributed by atoms with Gasteiger partial charge < -0.3 is 4.74 Å². The molecule has 112 valence electrons. The highest BCUT2D eigenvalue weighted by atomic mass is 19.4. The summed E-state index contributed by atoms with van der Waals surface area (Å²) in [5.41, 5.74) is -0.746. The number of carbonyl (C=O) groups excluding carboxylic acids is 1. The Labute approximate surface area is 120 Å². The van der Waals surface area contributed by atoms with Gasteiger partial charge in [0, 0.05) is 19.1 Å². The molecule has 6 heteroatoms. The Balaban J connectivity index is 2.25. The summed E-state index contributed by atoms with van der Waals surface area (Å²) in [7, 11) is 0. The number of ketones is 1. The number of rotatable bonds is 3. The molecule has 21 heavy (non-hydrogen) atoms. The normalized spacial score (nSPS) is 18.0. The molecule has 1 atom stereocenters. The number of hydrogen-bond acceptors (Lipinski definition) is 3. The summed E-state index contributed by atoms with van der Waals surface area (Å²) in [6, 6.07) is 6.26. The van der Waals surface area contributed by atoms with E-state index in [0.717, 1.165) is 12.1 Å². The third-order valence-corrected chi connectivity index (χ3v) is 3.58. The molecular formula is C15H14F3NO2. The maximum atomic E-state index is 12.7. The SMILES string of the molecule is N#CC(C(=O)C1CCOCC1)c1cccc(C(F)(F)F)c1. The molecule has 0 N–H and O–H groups in total. The van der Waals surface area contributed by atoms with Crippen LogP contribution in [0.1, 0.15) is 29.9 Å². The van der Waals surface area contributed by atoms with Gasteiger partial charge in [-0.1, -0.05) is 18.2 Å². The molecule has 1 unspecified atom stereocenters. The van der Waals surface area contributed by atoms with Crippen LogP contribution < -0.4 is 0 Å². The Kier molecular flexibility index (Phi) is 4.63. The molecule has 3 nitrogen and oxygen atoms in total. The van der Waals surface area contributed by atoms with E-state index in [1.54, 1.807) is 0 Å². The van der Waals surface area contributed by atoms with E-state index in [1.165, 1.54) is 12.1 Å². The second kappa shape index (κ2) is 6.27. The lowest BCUT2D eigenvalue weighted by Crippen LogP contribution is -2.27. The molecule has 0 aliphatic carbocycles. The van der Waals surface area contributed by atoms with Gasteiger partial charge in [0.25, 0.3) is 0 Å². The zero-order chi connectivity index (χ0) is 15.5. The average molecular weight is 297 g/mol. The second-order valence-corrected chi connectivity index (χ2v) is 4.97. The highest BCUT2D eigenvalue weighted by Gasteiger charge is 2.33. The molecule has 2 rings (SSSR count). The molecule has 0 saturated carbocycles. The zero-order valence-corrected chi connectivity index (χ0v) is 11.2. The minimum absolute atomic E-state index is 0.101. The molecule has 1 fully saturated rings. The Hall–Kier alpha value is -1.87. The van der Waals surface area contributed by atoms with E-state index < -0.39 is 17.7 Å². The fraction of sp³-hybridized carbons (Fsp3) is 0.467. The lowest BCUT2D eigenvalue weighted by atomic mass is 9.84. The first-order valence-electron chi connectivity index (χ1n) is 6.61. The monoisotopic (exact) mass is 297 g/mol. The van der Waals surface area contributed by atoms with Crippen LogP contribution >= 0.6 is 0 Å². The lowest BCUT2D eigenvalue weighted by molar-refractivity contribution is -0.137. The lowest BCUT2D eigenvalue weighted by Gasteiger charge is -2.23. The predicted octanol–water partition coefficient (Wildman–Crippen LogP) is 3.31. The van der Waals surface area contributed by atoms with Gasteiger partial charge in [0.1, 0.15) is 5.92 Å². The fourth-order valence-corrected chi connectivity index (χ4v) is 2.41. The summed E-state index contributed by atoms with van der Waals surface area (Å²) in [6.45, 7) is 0.883. The maximum Gasteiger partial charge on any atom is 0.416 e. The Morgan fingerprint density at radius 3 is 2.57 bits per heavy atom. The summed E-state index contributed by atoms with van der Waals surface area (Å²) >= 11 is 0. The van der Waals surface area contributed by atoms with Crippen LogP contribution in [0.3, 0.4) is 0 Å². The van der Waals surface area contributed by atoms with Gasteiger partial charge in [-0.2, -0.15) is 18.4 Å². The van der Waals surface area contributed by atoms with Gasteiger partial charge in [-0.25, -0.2) is 0 Å². The predicted molar refractivity (Wildman–Crippen MR) is 68.3 cm³/mol. The number of ether oxygens (including phenoxy) is 1. The molecule has 1 saturated heterocycles. The minimum atomic E-state index is -4.49. The molecule has 0 bridgehead atoms. The van der Waals surface area contributed by atoms with Crippen LogP contribution in [-0.4, -0.2) is 19.0 Å². The smallest absolute Gasteiger partial charge is 0.381 e. The van der Waals surface area contributed by atoms with Crippen molar-refractivity contribution in [3.63, 3.8) is 0 Å². The van der Waals surface area contributed by atoms with Crippen LogP contribution in [0, 0.1) is 17.2 Å². The van der Waals surface area contributed by atoms with Crippen LogP contribution in [0.25, 0.3) is 0 Å². The van der Waals surface area contributed by atoms with Gasteiger partial charge in [-0.05, 0) is 24.5 Å². The van der Waals surface area contributed by atoms with Gasteiger partial charge in [-0.15, -0.1) is 0 Å². The molecule has 0 aromatic heterocycles. The second-order valence-electron chi connectivity index (χ2n) is 4.97. The molecule has 1 aliphatic heterocycles. The highest BCUT2D eigenvalue weighted by molar-refractivity contribution is 5.90. The summed E-state index contributed by atoms with van der Waals surface area (Å²) in [4.78, 5) is 12.3. The molecule has 0 amide bonds. The van der Waals surface area contributed by atoms with Crippen molar-refractivity contribution in [1.82, 2.24) is 0 Å². The number of nitriles is 1. The van der Waals surface area contributed by atoms with Crippen LogP contribution in [0.15, 0.2) is 24.3 Å². The van der Waals surface area contributed by atoms with Crippen LogP contribution in [0.4, 0.5) is 13.2 Å². The quantitative estimate of drug-likeness (QED) is 0.860. The van der Waals surface area contributed by atoms with E-state index in [2.05, 4.69) is 0 Å². The van der Waals surface area contributed by atoms with Gasteiger partial charge in [0.2, 0.25) is 0 Å². The third-order valence-electron chi connectivity index (χ3n) is 3.58. The Morgan fingerprint density at radius 2 is 2.00 bits per heavy atom. The summed E-state index contributed by atoms with van der Waals surface area (Å²) in [5.74, 6) is -1.80. The van der Waals surface area contributed by atoms with Crippen molar-refractivity contribution in [1.29, 1.82) is 5.26 Å². The highest BCUT2D eigenvalue weighted by Crippen LogP contribution is 2.32. The fourth-order valence-electron chi connectivity index (χ4n) is 2.41. The van der Waals surface area contributed by atoms with Gasteiger partial charge in [0.15, 0.2) is 5.78 Å². The van der Waals surface area contributed by atoms with Crippen LogP contribution in [-0.2, 0) is 15.7 Å². The number of halogens is 3. The molecule has 1 aromatic rings. The van der Waals surface area contributed by atoms with Gasteiger partial charge in [-0.3, -0.25) is 4.79 Å². The first kappa shape index (κ1) is 15.5. The number of carbonyl (C=O) groups is 1. The largest absolute Gasteiger partial charge is 0.416 e. The van der Waals surface area contributed by atoms with E-state index in [9.17, 15) is 23.2 Å². The van der Waals surface area contributed by atoms with E-state index in [0.29, 0.717) is 26.1 Å². The Bertz CT molecular complexity index is 557. The van der Waals surface area contributed by atoms with Crippen LogP contribution in [0.5, 0.6) is 0 Å². The van der Waals surface area contributed by atoms with Crippen molar-refractivity contribution in [2.45, 2.75) is 24.9 Å². The van der Waals surface area contributed by atoms with E-state index in [1.807, 2.05) is 6.07 Å². The van der Waals surface area contributed by atoms with Crippen molar-refractivity contribution in [3.05, 3.63) is 35.4 Å². The Morgan fingerprint density at radius 1 is 1.33 bits per heavy atom. The van der Waals surface area contributed by atoms with Crippen molar-refractivity contribution < 1.29 is 22.7 Å². The van der Waals surface area contributed by atoms with E-state index >= 15 is 0 Å². The molecule has 1 aliphatic rings. The number of hydrogen-bond donors (Lipinski definition) is 0. The van der Waals surface area contributed by atoms with Crippen molar-refractivity contribution in [2.24, 2.45) is 5.92 Å². The molecular weight excluding hydrogens is 283 g/mol. The number of Topliss-reactive ketones (excluding diaryl/α,β-unsaturated/α-hetero) is 1. The zero-order valence-electron chi connectivity index (χ0n) is 11.2. The van der Waals surface area contributed by atoms with Crippen molar-refractivity contribution >= 4 is 5.78 Å². The van der Waals surface area contributed by atoms with Crippen molar-refractivity contribution in [3.8, 4) is 6.07 Å². The van der Waals surface area contributed by atoms with E-state index in [4.69, 9.17) is 4.74 Å². The van der Waals surface area contributed by atoms with E-state index in [-0.39, 0.29) is 17.3 Å². The average Bonchev–Trinajstić information content (AvgIpc) is 2.48. The topological polar surface area (TPSA) is 50.1 Å². The molecule has 1 aromatic carbocycles. The standard InChI is InChI=1S/C15H14F3NO2/c16-15(17,18)12-3-1-2-11(8-12)13(9-19)14(20)10-4-6-21-7-5-10/h1-3,8,10,13H,4-7H2. The number of alkyl halides is 3. The molecule has 0 radical (unpaired) electrons. The van der Waals surface area contributed by atoms with Gasteiger partial charge >= 0.3 is 6.18 Å². The summed E-state index contributed by atoms with van der Waals surface area (Å²) < 4.78 is 43.3.